The third-order valence-electron chi connectivity index (χ3n) is 3.18. The molecule has 0 spiro atoms. The average molecular weight is 277 g/mol. The van der Waals surface area contributed by atoms with Gasteiger partial charge in [0.1, 0.15) is 12.4 Å². The predicted octanol–water partition coefficient (Wildman–Crippen LogP) is 1.78. The van der Waals surface area contributed by atoms with Crippen molar-refractivity contribution in [2.24, 2.45) is 0 Å². The molecule has 0 aliphatic carbocycles. The van der Waals surface area contributed by atoms with E-state index in [1.807, 2.05) is 6.07 Å². The molecular weight excluding hydrogens is 257 g/mol. The van der Waals surface area contributed by atoms with Crippen LogP contribution in [0.25, 0.3) is 0 Å². The molecule has 0 bridgehead atoms. The van der Waals surface area contributed by atoms with E-state index >= 15 is 0 Å². The summed E-state index contributed by atoms with van der Waals surface area (Å²) in [6.07, 6.45) is 0. The summed E-state index contributed by atoms with van der Waals surface area (Å²) in [7, 11) is 0. The van der Waals surface area contributed by atoms with Gasteiger partial charge >= 0.3 is 0 Å². The molecule has 3 nitrogen and oxygen atoms in total. The van der Waals surface area contributed by atoms with E-state index in [2.05, 4.69) is 30.6 Å². The Hall–Kier alpha value is -1.41. The molecular formula is C16H20FNO2. The zero-order valence-electron chi connectivity index (χ0n) is 11.9. The van der Waals surface area contributed by atoms with Gasteiger partial charge < -0.3 is 9.84 Å². The van der Waals surface area contributed by atoms with Crippen LogP contribution in [0.15, 0.2) is 18.2 Å². The van der Waals surface area contributed by atoms with Crippen LogP contribution in [-0.2, 0) is 11.3 Å². The van der Waals surface area contributed by atoms with E-state index in [1.54, 1.807) is 0 Å². The van der Waals surface area contributed by atoms with Crippen LogP contribution in [0.2, 0.25) is 0 Å². The number of morpholine rings is 1. The summed E-state index contributed by atoms with van der Waals surface area (Å²) in [5.74, 6) is 4.99. The molecule has 0 radical (unpaired) electrons. The number of halogens is 1. The Balaban J connectivity index is 2.11. The van der Waals surface area contributed by atoms with Crippen LogP contribution in [0.1, 0.15) is 25.0 Å². The number of benzene rings is 1. The molecule has 2 rings (SSSR count). The zero-order valence-corrected chi connectivity index (χ0v) is 11.9. The normalized spacial score (nSPS) is 18.4. The fourth-order valence-electron chi connectivity index (χ4n) is 2.46. The van der Waals surface area contributed by atoms with Gasteiger partial charge in [0.05, 0.1) is 12.2 Å². The second-order valence-corrected chi connectivity index (χ2v) is 5.63. The molecule has 1 heterocycles. The Morgan fingerprint density at radius 3 is 2.90 bits per heavy atom. The van der Waals surface area contributed by atoms with Crippen molar-refractivity contribution in [3.8, 4) is 11.8 Å². The van der Waals surface area contributed by atoms with Gasteiger partial charge in [-0.25, -0.2) is 4.39 Å². The minimum atomic E-state index is -0.294. The van der Waals surface area contributed by atoms with Crippen LogP contribution in [0, 0.1) is 17.7 Å². The number of nitrogens with zero attached hydrogens (tertiary/aromatic N) is 1. The molecule has 1 fully saturated rings. The Morgan fingerprint density at radius 2 is 2.20 bits per heavy atom. The van der Waals surface area contributed by atoms with E-state index in [4.69, 9.17) is 9.84 Å². The lowest BCUT2D eigenvalue weighted by molar-refractivity contribution is -0.0882. The topological polar surface area (TPSA) is 32.7 Å². The Kier molecular flexibility index (Phi) is 4.77. The van der Waals surface area contributed by atoms with Crippen molar-refractivity contribution in [2.45, 2.75) is 26.0 Å². The average Bonchev–Trinajstić information content (AvgIpc) is 2.34. The minimum Gasteiger partial charge on any atom is -0.384 e. The number of rotatable bonds is 2. The van der Waals surface area contributed by atoms with Crippen LogP contribution in [0.5, 0.6) is 0 Å². The maximum absolute atomic E-state index is 13.6. The monoisotopic (exact) mass is 277 g/mol. The lowest BCUT2D eigenvalue weighted by atomic mass is 10.1. The first kappa shape index (κ1) is 15.0. The highest BCUT2D eigenvalue weighted by Crippen LogP contribution is 2.19. The maximum Gasteiger partial charge on any atom is 0.124 e. The van der Waals surface area contributed by atoms with Gasteiger partial charge in [0.15, 0.2) is 0 Å². The third-order valence-corrected chi connectivity index (χ3v) is 3.18. The largest absolute Gasteiger partial charge is 0.384 e. The molecule has 1 N–H and O–H groups in total. The van der Waals surface area contributed by atoms with Gasteiger partial charge in [-0.05, 0) is 37.6 Å². The van der Waals surface area contributed by atoms with Crippen LogP contribution in [0.3, 0.4) is 0 Å². The van der Waals surface area contributed by atoms with Crippen molar-refractivity contribution in [1.82, 2.24) is 4.90 Å². The van der Waals surface area contributed by atoms with Gasteiger partial charge in [0, 0.05) is 25.2 Å². The first-order valence-electron chi connectivity index (χ1n) is 6.74. The second kappa shape index (κ2) is 6.36. The van der Waals surface area contributed by atoms with E-state index in [1.165, 1.54) is 12.1 Å². The molecule has 20 heavy (non-hydrogen) atoms. The van der Waals surface area contributed by atoms with Crippen molar-refractivity contribution in [3.05, 3.63) is 35.1 Å². The fourth-order valence-corrected chi connectivity index (χ4v) is 2.46. The van der Waals surface area contributed by atoms with Gasteiger partial charge in [-0.3, -0.25) is 4.90 Å². The molecule has 0 unspecified atom stereocenters. The van der Waals surface area contributed by atoms with E-state index < -0.39 is 0 Å². The molecule has 0 atom stereocenters. The van der Waals surface area contributed by atoms with Crippen molar-refractivity contribution >= 4 is 0 Å². The molecule has 108 valence electrons. The smallest absolute Gasteiger partial charge is 0.124 e. The molecule has 0 saturated carbocycles. The van der Waals surface area contributed by atoms with Crippen LogP contribution < -0.4 is 0 Å². The number of aliphatic hydroxyl groups is 1. The lowest BCUT2D eigenvalue weighted by Crippen LogP contribution is -2.47. The first-order chi connectivity index (χ1) is 9.48. The van der Waals surface area contributed by atoms with Gasteiger partial charge in [0.25, 0.3) is 0 Å². The van der Waals surface area contributed by atoms with Gasteiger partial charge in [-0.15, -0.1) is 0 Å². The highest BCUT2D eigenvalue weighted by Gasteiger charge is 2.27. The van der Waals surface area contributed by atoms with Crippen molar-refractivity contribution < 1.29 is 14.2 Å². The van der Waals surface area contributed by atoms with Gasteiger partial charge in [-0.2, -0.15) is 0 Å². The molecule has 1 saturated heterocycles. The standard InChI is InChI=1S/C16H20FNO2/c1-16(2)12-18(5-7-20-16)11-14-8-13(4-3-6-19)9-15(17)10-14/h8-10,19H,5-7,11-12H2,1-2H3. The fraction of sp³-hybridized carbons (Fsp3) is 0.500. The SMILES string of the molecule is CC1(C)CN(Cc2cc(F)cc(C#CCO)c2)CCO1. The van der Waals surface area contributed by atoms with Crippen LogP contribution >= 0.6 is 0 Å². The zero-order chi connectivity index (χ0) is 14.6. The maximum atomic E-state index is 13.6. The Morgan fingerprint density at radius 1 is 1.40 bits per heavy atom. The number of ether oxygens (including phenoxy) is 1. The molecule has 1 aliphatic rings. The number of aliphatic hydroxyl groups excluding tert-OH is 1. The Bertz CT molecular complexity index is 531. The summed E-state index contributed by atoms with van der Waals surface area (Å²) >= 11 is 0. The Labute approximate surface area is 119 Å². The van der Waals surface area contributed by atoms with Crippen LogP contribution in [0.4, 0.5) is 4.39 Å². The highest BCUT2D eigenvalue weighted by molar-refractivity contribution is 5.37. The van der Waals surface area contributed by atoms with Gasteiger partial charge in [0.2, 0.25) is 0 Å². The summed E-state index contributed by atoms with van der Waals surface area (Å²) in [5.41, 5.74) is 1.33. The van der Waals surface area contributed by atoms with E-state index in [0.29, 0.717) is 18.7 Å². The third kappa shape index (κ3) is 4.31. The molecule has 1 aromatic carbocycles. The molecule has 4 heteroatoms. The van der Waals surface area contributed by atoms with Gasteiger partial charge in [-0.1, -0.05) is 11.8 Å². The summed E-state index contributed by atoms with van der Waals surface area (Å²) in [6, 6.07) is 4.79. The van der Waals surface area contributed by atoms with E-state index in [9.17, 15) is 4.39 Å². The van der Waals surface area contributed by atoms with E-state index in [-0.39, 0.29) is 18.0 Å². The van der Waals surface area contributed by atoms with Crippen LogP contribution in [-0.4, -0.2) is 41.9 Å². The number of hydrogen-bond donors (Lipinski definition) is 1. The van der Waals surface area contributed by atoms with Crippen molar-refractivity contribution in [3.63, 3.8) is 0 Å². The molecule has 0 amide bonds. The van der Waals surface area contributed by atoms with Crippen molar-refractivity contribution in [1.29, 1.82) is 0 Å². The lowest BCUT2D eigenvalue weighted by Gasteiger charge is -2.38. The molecule has 0 aromatic heterocycles. The predicted molar refractivity (Wildman–Crippen MR) is 75.7 cm³/mol. The summed E-state index contributed by atoms with van der Waals surface area (Å²) < 4.78 is 19.3. The summed E-state index contributed by atoms with van der Waals surface area (Å²) in [4.78, 5) is 2.25. The van der Waals surface area contributed by atoms with Crippen molar-refractivity contribution in [2.75, 3.05) is 26.3 Å². The molecule has 1 aromatic rings. The minimum absolute atomic E-state index is 0.162. The highest BCUT2D eigenvalue weighted by atomic mass is 19.1. The quantitative estimate of drug-likeness (QED) is 0.836. The summed E-state index contributed by atoms with van der Waals surface area (Å²) in [5, 5.41) is 8.70. The van der Waals surface area contributed by atoms with E-state index in [0.717, 1.165) is 18.7 Å². The first-order valence-corrected chi connectivity index (χ1v) is 6.74. The second-order valence-electron chi connectivity index (χ2n) is 5.63. The number of hydrogen-bond acceptors (Lipinski definition) is 3. The molecule has 1 aliphatic heterocycles. The summed E-state index contributed by atoms with van der Waals surface area (Å²) in [6.45, 7) is 6.94.